The highest BCUT2D eigenvalue weighted by atomic mass is 35.5. The summed E-state index contributed by atoms with van der Waals surface area (Å²) in [6, 6.07) is 0.284. The number of hydrogen-bond acceptors (Lipinski definition) is 5. The van der Waals surface area contributed by atoms with Crippen LogP contribution in [0.2, 0.25) is 0 Å². The van der Waals surface area contributed by atoms with E-state index in [1.165, 1.54) is 6.20 Å². The van der Waals surface area contributed by atoms with Crippen LogP contribution >= 0.6 is 12.4 Å². The molecule has 0 spiro atoms. The zero-order valence-electron chi connectivity index (χ0n) is 14.1. The first-order valence-corrected chi connectivity index (χ1v) is 9.91. The molecule has 1 atom stereocenters. The van der Waals surface area contributed by atoms with Gasteiger partial charge in [-0.05, 0) is 32.2 Å². The lowest BCUT2D eigenvalue weighted by atomic mass is 10.1. The first-order valence-electron chi connectivity index (χ1n) is 8.47. The van der Waals surface area contributed by atoms with Gasteiger partial charge in [-0.3, -0.25) is 4.68 Å². The average molecular weight is 379 g/mol. The Hall–Kier alpha value is -0.670. The molecular weight excluding hydrogens is 352 g/mol. The lowest BCUT2D eigenvalue weighted by Crippen LogP contribution is -2.41. The van der Waals surface area contributed by atoms with Crippen LogP contribution < -0.4 is 5.32 Å². The molecule has 9 heteroatoms. The topological polar surface area (TPSA) is 76.5 Å². The summed E-state index contributed by atoms with van der Waals surface area (Å²) in [5.41, 5.74) is 0. The Labute approximate surface area is 150 Å². The van der Waals surface area contributed by atoms with Gasteiger partial charge in [-0.1, -0.05) is 6.92 Å². The van der Waals surface area contributed by atoms with E-state index in [0.717, 1.165) is 38.8 Å². The summed E-state index contributed by atoms with van der Waals surface area (Å²) in [6.45, 7) is 5.59. The summed E-state index contributed by atoms with van der Waals surface area (Å²) >= 11 is 0. The van der Waals surface area contributed by atoms with Crippen molar-refractivity contribution in [2.45, 2.75) is 49.6 Å². The van der Waals surface area contributed by atoms with Crippen molar-refractivity contribution < 1.29 is 13.2 Å². The van der Waals surface area contributed by atoms with Gasteiger partial charge in [0, 0.05) is 38.5 Å². The van der Waals surface area contributed by atoms with Crippen molar-refractivity contribution in [2.24, 2.45) is 0 Å². The Morgan fingerprint density at radius 1 is 1.38 bits per heavy atom. The standard InChI is InChI=1S/C15H26N4O3S.ClH/c1-2-7-19(14-3-6-16-10-14)23(20,21)15-11-17-18(12-15)13-4-8-22-9-5-13;/h11-14,16H,2-10H2,1H3;1H. The SMILES string of the molecule is CCCN(C1CCNC1)S(=O)(=O)c1cnn(C2CCOCC2)c1.Cl. The van der Waals surface area contributed by atoms with Gasteiger partial charge in [0.15, 0.2) is 0 Å². The van der Waals surface area contributed by atoms with Gasteiger partial charge in [-0.2, -0.15) is 9.40 Å². The zero-order valence-corrected chi connectivity index (χ0v) is 15.7. The Morgan fingerprint density at radius 3 is 2.75 bits per heavy atom. The van der Waals surface area contributed by atoms with Crippen LogP contribution in [0.5, 0.6) is 0 Å². The molecule has 0 aliphatic carbocycles. The maximum Gasteiger partial charge on any atom is 0.246 e. The summed E-state index contributed by atoms with van der Waals surface area (Å²) in [4.78, 5) is 0.310. The van der Waals surface area contributed by atoms with E-state index in [1.54, 1.807) is 15.2 Å². The van der Waals surface area contributed by atoms with Crippen molar-refractivity contribution in [3.8, 4) is 0 Å². The Kier molecular flexibility index (Phi) is 7.06. The maximum absolute atomic E-state index is 13.0. The molecule has 3 heterocycles. The van der Waals surface area contributed by atoms with Crippen LogP contribution in [0, 0.1) is 0 Å². The molecule has 0 radical (unpaired) electrons. The highest BCUT2D eigenvalue weighted by Gasteiger charge is 2.33. The van der Waals surface area contributed by atoms with E-state index in [2.05, 4.69) is 10.4 Å². The van der Waals surface area contributed by atoms with Gasteiger partial charge >= 0.3 is 0 Å². The van der Waals surface area contributed by atoms with Gasteiger partial charge in [0.2, 0.25) is 10.0 Å². The van der Waals surface area contributed by atoms with Crippen molar-refractivity contribution in [3.63, 3.8) is 0 Å². The van der Waals surface area contributed by atoms with Crippen LogP contribution in [0.15, 0.2) is 17.3 Å². The molecule has 1 aromatic rings. The molecule has 24 heavy (non-hydrogen) atoms. The molecule has 3 rings (SSSR count). The summed E-state index contributed by atoms with van der Waals surface area (Å²) in [5, 5.41) is 7.57. The van der Waals surface area contributed by atoms with Crippen LogP contribution in [-0.2, 0) is 14.8 Å². The predicted octanol–water partition coefficient (Wildman–Crippen LogP) is 1.42. The molecule has 2 fully saturated rings. The van der Waals surface area contributed by atoms with Crippen LogP contribution in [0.1, 0.15) is 38.6 Å². The molecule has 2 aliphatic heterocycles. The smallest absolute Gasteiger partial charge is 0.246 e. The van der Waals surface area contributed by atoms with Crippen molar-refractivity contribution in [2.75, 3.05) is 32.8 Å². The minimum absolute atomic E-state index is 0. The largest absolute Gasteiger partial charge is 0.381 e. The molecule has 1 unspecified atom stereocenters. The lowest BCUT2D eigenvalue weighted by Gasteiger charge is -2.26. The third-order valence-electron chi connectivity index (χ3n) is 4.63. The second-order valence-corrected chi connectivity index (χ2v) is 8.15. The first kappa shape index (κ1) is 19.7. The Morgan fingerprint density at radius 2 is 2.12 bits per heavy atom. The second kappa shape index (κ2) is 8.62. The minimum atomic E-state index is -3.49. The van der Waals surface area contributed by atoms with E-state index >= 15 is 0 Å². The van der Waals surface area contributed by atoms with Crippen molar-refractivity contribution in [1.29, 1.82) is 0 Å². The summed E-state index contributed by atoms with van der Waals surface area (Å²) in [6.07, 6.45) is 6.63. The third kappa shape index (κ3) is 4.11. The first-order chi connectivity index (χ1) is 11.1. The highest BCUT2D eigenvalue weighted by molar-refractivity contribution is 7.89. The Balaban J connectivity index is 0.00000208. The molecule has 7 nitrogen and oxygen atoms in total. The van der Waals surface area contributed by atoms with E-state index in [0.29, 0.717) is 24.7 Å². The van der Waals surface area contributed by atoms with E-state index in [4.69, 9.17) is 4.74 Å². The van der Waals surface area contributed by atoms with Crippen molar-refractivity contribution in [1.82, 2.24) is 19.4 Å². The van der Waals surface area contributed by atoms with E-state index < -0.39 is 10.0 Å². The molecular formula is C15H27ClN4O3S. The molecule has 0 bridgehead atoms. The van der Waals surface area contributed by atoms with Crippen LogP contribution in [0.25, 0.3) is 0 Å². The number of nitrogens with zero attached hydrogens (tertiary/aromatic N) is 3. The molecule has 138 valence electrons. The van der Waals surface area contributed by atoms with E-state index in [-0.39, 0.29) is 24.5 Å². The summed E-state index contributed by atoms with van der Waals surface area (Å²) in [5.74, 6) is 0. The van der Waals surface area contributed by atoms with Gasteiger partial charge in [-0.15, -0.1) is 12.4 Å². The second-order valence-electron chi connectivity index (χ2n) is 6.26. The van der Waals surface area contributed by atoms with E-state index in [9.17, 15) is 8.42 Å². The van der Waals surface area contributed by atoms with Gasteiger partial charge < -0.3 is 10.1 Å². The monoisotopic (exact) mass is 378 g/mol. The number of halogens is 1. The molecule has 0 amide bonds. The molecule has 1 aromatic heterocycles. The van der Waals surface area contributed by atoms with Crippen molar-refractivity contribution in [3.05, 3.63) is 12.4 Å². The highest BCUT2D eigenvalue weighted by Crippen LogP contribution is 2.25. The maximum atomic E-state index is 13.0. The van der Waals surface area contributed by atoms with Gasteiger partial charge in [0.25, 0.3) is 0 Å². The van der Waals surface area contributed by atoms with Crippen LogP contribution in [0.3, 0.4) is 0 Å². The number of ether oxygens (including phenoxy) is 1. The summed E-state index contributed by atoms with van der Waals surface area (Å²) < 4.78 is 34.9. The number of aromatic nitrogens is 2. The molecule has 1 N–H and O–H groups in total. The summed E-state index contributed by atoms with van der Waals surface area (Å²) in [7, 11) is -3.49. The molecule has 0 aromatic carbocycles. The van der Waals surface area contributed by atoms with Gasteiger partial charge in [-0.25, -0.2) is 8.42 Å². The van der Waals surface area contributed by atoms with Gasteiger partial charge in [0.05, 0.1) is 12.2 Å². The fraction of sp³-hybridized carbons (Fsp3) is 0.800. The number of hydrogen-bond donors (Lipinski definition) is 1. The predicted molar refractivity (Wildman–Crippen MR) is 94.0 cm³/mol. The number of nitrogens with one attached hydrogen (secondary N) is 1. The molecule has 2 saturated heterocycles. The normalized spacial score (nSPS) is 22.7. The Bertz CT molecular complexity index is 610. The van der Waals surface area contributed by atoms with Crippen molar-refractivity contribution >= 4 is 22.4 Å². The fourth-order valence-corrected chi connectivity index (χ4v) is 5.03. The quantitative estimate of drug-likeness (QED) is 0.810. The number of rotatable bonds is 6. The average Bonchev–Trinajstić information content (AvgIpc) is 3.25. The van der Waals surface area contributed by atoms with E-state index in [1.807, 2.05) is 6.92 Å². The van der Waals surface area contributed by atoms with Gasteiger partial charge in [0.1, 0.15) is 4.90 Å². The van der Waals surface area contributed by atoms with Crippen LogP contribution in [-0.4, -0.2) is 61.4 Å². The minimum Gasteiger partial charge on any atom is -0.381 e. The zero-order chi connectivity index (χ0) is 16.3. The lowest BCUT2D eigenvalue weighted by molar-refractivity contribution is 0.0662. The number of sulfonamides is 1. The fourth-order valence-electron chi connectivity index (χ4n) is 3.34. The van der Waals surface area contributed by atoms with Crippen LogP contribution in [0.4, 0.5) is 0 Å². The third-order valence-corrected chi connectivity index (χ3v) is 6.54. The molecule has 2 aliphatic rings. The molecule has 0 saturated carbocycles.